The van der Waals surface area contributed by atoms with Crippen LogP contribution in [0.2, 0.25) is 0 Å². The van der Waals surface area contributed by atoms with Crippen LogP contribution in [0.3, 0.4) is 0 Å². The number of rotatable bonds is 5. The lowest BCUT2D eigenvalue weighted by atomic mass is 9.93. The third-order valence-electron chi connectivity index (χ3n) is 4.30. The highest BCUT2D eigenvalue weighted by Crippen LogP contribution is 2.29. The van der Waals surface area contributed by atoms with E-state index in [2.05, 4.69) is 38.2 Å². The van der Waals surface area contributed by atoms with Gasteiger partial charge in [-0.15, -0.1) is 0 Å². The van der Waals surface area contributed by atoms with Crippen LogP contribution in [-0.2, 0) is 4.79 Å². The van der Waals surface area contributed by atoms with Gasteiger partial charge in [-0.05, 0) is 18.4 Å². The summed E-state index contributed by atoms with van der Waals surface area (Å²) in [5.41, 5.74) is 1.17. The molecule has 19 heavy (non-hydrogen) atoms. The Balaban J connectivity index is 2.23. The molecule has 2 atom stereocenters. The van der Waals surface area contributed by atoms with E-state index in [0.29, 0.717) is 12.5 Å². The Morgan fingerprint density at radius 2 is 1.89 bits per heavy atom. The third kappa shape index (κ3) is 2.81. The van der Waals surface area contributed by atoms with Crippen molar-refractivity contribution in [2.24, 2.45) is 5.92 Å². The quantitative estimate of drug-likeness (QED) is 0.883. The number of amides is 1. The number of hydrogen-bond donors (Lipinski definition) is 1. The molecule has 2 unspecified atom stereocenters. The fraction of sp³-hybridized carbons (Fsp3) is 0.562. The van der Waals surface area contributed by atoms with Gasteiger partial charge >= 0.3 is 0 Å². The molecule has 1 heterocycles. The summed E-state index contributed by atoms with van der Waals surface area (Å²) in [6.07, 6.45) is 2.26. The molecule has 0 spiro atoms. The maximum absolute atomic E-state index is 12.2. The predicted molar refractivity (Wildman–Crippen MR) is 77.6 cm³/mol. The summed E-state index contributed by atoms with van der Waals surface area (Å²) in [6, 6.07) is 10.5. The topological polar surface area (TPSA) is 32.3 Å². The molecule has 0 radical (unpaired) electrons. The minimum atomic E-state index is 0.0318. The van der Waals surface area contributed by atoms with Crippen molar-refractivity contribution in [3.05, 3.63) is 35.9 Å². The van der Waals surface area contributed by atoms with E-state index in [4.69, 9.17) is 0 Å². The predicted octanol–water partition coefficient (Wildman–Crippen LogP) is 2.94. The number of benzene rings is 1. The molecule has 3 heteroatoms. The second-order valence-corrected chi connectivity index (χ2v) is 5.31. The molecule has 104 valence electrons. The highest BCUT2D eigenvalue weighted by molar-refractivity contribution is 5.81. The van der Waals surface area contributed by atoms with Gasteiger partial charge < -0.3 is 4.90 Å². The largest absolute Gasteiger partial charge is 0.319 e. The van der Waals surface area contributed by atoms with Gasteiger partial charge in [0.25, 0.3) is 0 Å². The second kappa shape index (κ2) is 6.20. The van der Waals surface area contributed by atoms with Gasteiger partial charge in [-0.25, -0.2) is 0 Å². The van der Waals surface area contributed by atoms with Crippen molar-refractivity contribution in [3.8, 4) is 0 Å². The van der Waals surface area contributed by atoms with Gasteiger partial charge in [-0.3, -0.25) is 10.1 Å². The average Bonchev–Trinajstić information content (AvgIpc) is 2.83. The van der Waals surface area contributed by atoms with Crippen molar-refractivity contribution in [1.82, 2.24) is 10.2 Å². The molecule has 1 aromatic carbocycles. The lowest BCUT2D eigenvalue weighted by Gasteiger charge is -2.35. The van der Waals surface area contributed by atoms with E-state index in [1.54, 1.807) is 0 Å². The third-order valence-corrected chi connectivity index (χ3v) is 4.30. The lowest BCUT2D eigenvalue weighted by molar-refractivity contribution is -0.131. The van der Waals surface area contributed by atoms with E-state index in [1.807, 2.05) is 23.1 Å². The van der Waals surface area contributed by atoms with Crippen molar-refractivity contribution < 1.29 is 4.79 Å². The SMILES string of the molecule is CCC(CC)C(C)N1C(=O)CNC1c1ccccc1. The van der Waals surface area contributed by atoms with Crippen LogP contribution in [0.1, 0.15) is 45.3 Å². The van der Waals surface area contributed by atoms with Crippen LogP contribution in [0.4, 0.5) is 0 Å². The van der Waals surface area contributed by atoms with Gasteiger partial charge in [0.15, 0.2) is 0 Å². The Bertz CT molecular complexity index is 414. The Morgan fingerprint density at radius 3 is 2.47 bits per heavy atom. The van der Waals surface area contributed by atoms with Crippen LogP contribution < -0.4 is 5.32 Å². The Morgan fingerprint density at radius 1 is 1.26 bits per heavy atom. The number of carbonyl (C=O) groups is 1. The normalized spacial score (nSPS) is 21.2. The fourth-order valence-electron chi connectivity index (χ4n) is 3.09. The summed E-state index contributed by atoms with van der Waals surface area (Å²) in [4.78, 5) is 14.2. The molecule has 0 bridgehead atoms. The molecular formula is C16H24N2O. The summed E-state index contributed by atoms with van der Waals surface area (Å²) in [6.45, 7) is 7.04. The lowest BCUT2D eigenvalue weighted by Crippen LogP contribution is -2.42. The molecule has 0 saturated carbocycles. The first-order valence-electron chi connectivity index (χ1n) is 7.28. The fourth-order valence-corrected chi connectivity index (χ4v) is 3.09. The number of hydrogen-bond acceptors (Lipinski definition) is 2. The van der Waals surface area contributed by atoms with Gasteiger partial charge in [0.2, 0.25) is 5.91 Å². The summed E-state index contributed by atoms with van der Waals surface area (Å²) >= 11 is 0. The summed E-state index contributed by atoms with van der Waals surface area (Å²) < 4.78 is 0. The van der Waals surface area contributed by atoms with Crippen LogP contribution in [0.5, 0.6) is 0 Å². The zero-order valence-electron chi connectivity index (χ0n) is 12.1. The van der Waals surface area contributed by atoms with E-state index >= 15 is 0 Å². The molecule has 0 aliphatic carbocycles. The van der Waals surface area contributed by atoms with Gasteiger partial charge in [-0.2, -0.15) is 0 Å². The summed E-state index contributed by atoms with van der Waals surface area (Å²) in [7, 11) is 0. The molecular weight excluding hydrogens is 236 g/mol. The van der Waals surface area contributed by atoms with Gasteiger partial charge in [0.05, 0.1) is 6.54 Å². The van der Waals surface area contributed by atoms with Crippen LogP contribution >= 0.6 is 0 Å². The highest BCUT2D eigenvalue weighted by atomic mass is 16.2. The first-order chi connectivity index (χ1) is 9.19. The first-order valence-corrected chi connectivity index (χ1v) is 7.28. The number of nitrogens with zero attached hydrogens (tertiary/aromatic N) is 1. The van der Waals surface area contributed by atoms with Crippen molar-refractivity contribution >= 4 is 5.91 Å². The summed E-state index contributed by atoms with van der Waals surface area (Å²) in [5.74, 6) is 0.781. The van der Waals surface area contributed by atoms with Crippen molar-refractivity contribution in [2.45, 2.75) is 45.8 Å². The van der Waals surface area contributed by atoms with Gasteiger partial charge in [-0.1, -0.05) is 57.0 Å². The molecule has 1 aliphatic rings. The smallest absolute Gasteiger partial charge is 0.238 e. The van der Waals surface area contributed by atoms with Gasteiger partial charge in [0, 0.05) is 6.04 Å². The maximum atomic E-state index is 12.2. The molecule has 1 saturated heterocycles. The van der Waals surface area contributed by atoms with Crippen LogP contribution in [0.15, 0.2) is 30.3 Å². The Hall–Kier alpha value is -1.35. The molecule has 1 fully saturated rings. The highest BCUT2D eigenvalue weighted by Gasteiger charge is 2.36. The van der Waals surface area contributed by atoms with Crippen molar-refractivity contribution in [3.63, 3.8) is 0 Å². The first kappa shape index (κ1) is 14.1. The number of nitrogens with one attached hydrogen (secondary N) is 1. The zero-order valence-corrected chi connectivity index (χ0v) is 12.1. The van der Waals surface area contributed by atoms with Crippen molar-refractivity contribution in [1.29, 1.82) is 0 Å². The Labute approximate surface area is 116 Å². The van der Waals surface area contributed by atoms with E-state index in [0.717, 1.165) is 12.8 Å². The molecule has 1 aromatic rings. The van der Waals surface area contributed by atoms with Crippen LogP contribution in [0.25, 0.3) is 0 Å². The van der Waals surface area contributed by atoms with Crippen LogP contribution in [0, 0.1) is 5.92 Å². The average molecular weight is 260 g/mol. The zero-order chi connectivity index (χ0) is 13.8. The number of carbonyl (C=O) groups excluding carboxylic acids is 1. The monoisotopic (exact) mass is 260 g/mol. The standard InChI is InChI=1S/C16H24N2O/c1-4-13(5-2)12(3)18-15(19)11-17-16(18)14-9-7-6-8-10-14/h6-10,12-13,16-17H,4-5,11H2,1-3H3. The Kier molecular flexibility index (Phi) is 4.59. The molecule has 0 aromatic heterocycles. The molecule has 1 aliphatic heterocycles. The minimum Gasteiger partial charge on any atom is -0.319 e. The second-order valence-electron chi connectivity index (χ2n) is 5.31. The molecule has 2 rings (SSSR count). The van der Waals surface area contributed by atoms with Crippen molar-refractivity contribution in [2.75, 3.05) is 6.54 Å². The summed E-state index contributed by atoms with van der Waals surface area (Å²) in [5, 5.41) is 3.33. The van der Waals surface area contributed by atoms with Gasteiger partial charge in [0.1, 0.15) is 6.17 Å². The van der Waals surface area contributed by atoms with E-state index in [1.165, 1.54) is 5.56 Å². The molecule has 3 nitrogen and oxygen atoms in total. The maximum Gasteiger partial charge on any atom is 0.238 e. The van der Waals surface area contributed by atoms with Crippen LogP contribution in [-0.4, -0.2) is 23.4 Å². The molecule has 1 amide bonds. The van der Waals surface area contributed by atoms with E-state index < -0.39 is 0 Å². The molecule has 1 N–H and O–H groups in total. The van der Waals surface area contributed by atoms with E-state index in [-0.39, 0.29) is 18.1 Å². The van der Waals surface area contributed by atoms with E-state index in [9.17, 15) is 4.79 Å². The minimum absolute atomic E-state index is 0.0318.